The van der Waals surface area contributed by atoms with Gasteiger partial charge in [-0.3, -0.25) is 9.59 Å². The van der Waals surface area contributed by atoms with Gasteiger partial charge in [-0.25, -0.2) is 0 Å². The molecule has 1 saturated carbocycles. The predicted octanol–water partition coefficient (Wildman–Crippen LogP) is 2.33. The van der Waals surface area contributed by atoms with Crippen molar-refractivity contribution < 1.29 is 9.59 Å². The molecular weight excluding hydrogens is 252 g/mol. The average molecular weight is 280 g/mol. The molecule has 1 atom stereocenters. The zero-order chi connectivity index (χ0) is 14.7. The van der Waals surface area contributed by atoms with Crippen LogP contribution >= 0.6 is 0 Å². The van der Waals surface area contributed by atoms with Gasteiger partial charge in [0.05, 0.1) is 0 Å². The molecule has 4 nitrogen and oxygen atoms in total. The Morgan fingerprint density at radius 2 is 1.85 bits per heavy atom. The third kappa shape index (κ3) is 3.33. The highest BCUT2D eigenvalue weighted by Gasteiger charge is 2.36. The fraction of sp³-hybridized carbons (Fsp3) is 0.875. The van der Waals surface area contributed by atoms with Gasteiger partial charge in [-0.2, -0.15) is 0 Å². The Morgan fingerprint density at radius 1 is 1.20 bits per heavy atom. The molecule has 1 aliphatic carbocycles. The maximum Gasteiger partial charge on any atom is 0.245 e. The van der Waals surface area contributed by atoms with Crippen LogP contribution in [0.1, 0.15) is 59.3 Å². The minimum Gasteiger partial charge on any atom is -0.344 e. The lowest BCUT2D eigenvalue weighted by molar-refractivity contribution is -0.137. The van der Waals surface area contributed by atoms with Crippen molar-refractivity contribution in [1.82, 2.24) is 10.2 Å². The number of rotatable bonds is 3. The SMILES string of the molecule is CCC1CCC(N2CCC(=O)NC(C(C)C)C2=O)CC1. The minimum absolute atomic E-state index is 0.0156. The van der Waals surface area contributed by atoms with Gasteiger partial charge in [0, 0.05) is 19.0 Å². The largest absolute Gasteiger partial charge is 0.344 e. The predicted molar refractivity (Wildman–Crippen MR) is 79.1 cm³/mol. The Bertz CT molecular complexity index is 359. The van der Waals surface area contributed by atoms with Crippen LogP contribution in [0.2, 0.25) is 0 Å². The van der Waals surface area contributed by atoms with Crippen molar-refractivity contribution in [2.75, 3.05) is 6.54 Å². The first-order valence-corrected chi connectivity index (χ1v) is 8.12. The lowest BCUT2D eigenvalue weighted by atomic mass is 9.83. The number of carbonyl (C=O) groups excluding carboxylic acids is 2. The summed E-state index contributed by atoms with van der Waals surface area (Å²) in [5, 5.41) is 2.89. The lowest BCUT2D eigenvalue weighted by Gasteiger charge is -2.37. The topological polar surface area (TPSA) is 49.4 Å². The average Bonchev–Trinajstić information content (AvgIpc) is 2.59. The quantitative estimate of drug-likeness (QED) is 0.862. The molecule has 1 N–H and O–H groups in total. The maximum absolute atomic E-state index is 12.7. The van der Waals surface area contributed by atoms with E-state index in [-0.39, 0.29) is 23.8 Å². The molecule has 0 aromatic carbocycles. The summed E-state index contributed by atoms with van der Waals surface area (Å²) >= 11 is 0. The van der Waals surface area contributed by atoms with E-state index in [2.05, 4.69) is 12.2 Å². The van der Waals surface area contributed by atoms with E-state index < -0.39 is 0 Å². The molecule has 2 fully saturated rings. The Morgan fingerprint density at radius 3 is 2.40 bits per heavy atom. The van der Waals surface area contributed by atoms with Crippen molar-refractivity contribution in [3.8, 4) is 0 Å². The van der Waals surface area contributed by atoms with Crippen LogP contribution in [0.4, 0.5) is 0 Å². The number of amides is 2. The third-order valence-electron chi connectivity index (χ3n) is 4.95. The first-order chi connectivity index (χ1) is 9.52. The number of carbonyl (C=O) groups is 2. The lowest BCUT2D eigenvalue weighted by Crippen LogP contribution is -2.51. The molecule has 2 rings (SSSR count). The molecule has 20 heavy (non-hydrogen) atoms. The molecule has 1 aliphatic heterocycles. The van der Waals surface area contributed by atoms with Crippen LogP contribution in [0.3, 0.4) is 0 Å². The standard InChI is InChI=1S/C16H28N2O2/c1-4-12-5-7-13(8-6-12)18-10-9-14(19)17-15(11(2)3)16(18)20/h11-13,15H,4-10H2,1-3H3,(H,17,19). The van der Waals surface area contributed by atoms with Gasteiger partial charge in [0.1, 0.15) is 6.04 Å². The number of hydrogen-bond donors (Lipinski definition) is 1. The highest BCUT2D eigenvalue weighted by atomic mass is 16.2. The zero-order valence-electron chi connectivity index (χ0n) is 13.0. The molecule has 4 heteroatoms. The van der Waals surface area contributed by atoms with Gasteiger partial charge >= 0.3 is 0 Å². The van der Waals surface area contributed by atoms with Gasteiger partial charge in [-0.15, -0.1) is 0 Å². The third-order valence-corrected chi connectivity index (χ3v) is 4.95. The van der Waals surface area contributed by atoms with Gasteiger partial charge in [-0.05, 0) is 37.5 Å². The molecular formula is C16H28N2O2. The molecule has 2 amide bonds. The molecule has 2 aliphatic rings. The Hall–Kier alpha value is -1.06. The van der Waals surface area contributed by atoms with Crippen molar-refractivity contribution in [3.63, 3.8) is 0 Å². The zero-order valence-corrected chi connectivity index (χ0v) is 13.0. The van der Waals surface area contributed by atoms with E-state index in [9.17, 15) is 9.59 Å². The van der Waals surface area contributed by atoms with E-state index in [4.69, 9.17) is 0 Å². The van der Waals surface area contributed by atoms with E-state index in [1.807, 2.05) is 18.7 Å². The first kappa shape index (κ1) is 15.3. The fourth-order valence-electron chi connectivity index (χ4n) is 3.50. The summed E-state index contributed by atoms with van der Waals surface area (Å²) in [5.41, 5.74) is 0. The summed E-state index contributed by atoms with van der Waals surface area (Å²) in [5.74, 6) is 1.13. The smallest absolute Gasteiger partial charge is 0.245 e. The van der Waals surface area contributed by atoms with Crippen molar-refractivity contribution in [2.24, 2.45) is 11.8 Å². The van der Waals surface area contributed by atoms with Crippen LogP contribution in [0.15, 0.2) is 0 Å². The highest BCUT2D eigenvalue weighted by Crippen LogP contribution is 2.30. The van der Waals surface area contributed by atoms with Crippen LogP contribution < -0.4 is 5.32 Å². The van der Waals surface area contributed by atoms with Gasteiger partial charge in [0.25, 0.3) is 0 Å². The van der Waals surface area contributed by atoms with Crippen LogP contribution in [0, 0.1) is 11.8 Å². The molecule has 0 spiro atoms. The highest BCUT2D eigenvalue weighted by molar-refractivity contribution is 5.90. The Balaban J connectivity index is 2.06. The van der Waals surface area contributed by atoms with E-state index in [1.54, 1.807) is 0 Å². The normalized spacial score (nSPS) is 32.2. The second-order valence-electron chi connectivity index (χ2n) is 6.65. The molecule has 1 unspecified atom stereocenters. The van der Waals surface area contributed by atoms with Crippen LogP contribution in [-0.2, 0) is 9.59 Å². The first-order valence-electron chi connectivity index (χ1n) is 8.12. The fourth-order valence-corrected chi connectivity index (χ4v) is 3.50. The summed E-state index contributed by atoms with van der Waals surface area (Å²) in [6, 6.07) is 0.00755. The summed E-state index contributed by atoms with van der Waals surface area (Å²) in [4.78, 5) is 26.5. The summed E-state index contributed by atoms with van der Waals surface area (Å²) in [6.45, 7) is 6.84. The van der Waals surface area contributed by atoms with Crippen LogP contribution in [0.25, 0.3) is 0 Å². The molecule has 1 heterocycles. The Labute approximate surface area is 122 Å². The van der Waals surface area contributed by atoms with Crippen molar-refractivity contribution >= 4 is 11.8 Å². The van der Waals surface area contributed by atoms with Crippen LogP contribution in [-0.4, -0.2) is 35.3 Å². The Kier molecular flexibility index (Phi) is 5.06. The second-order valence-corrected chi connectivity index (χ2v) is 6.65. The van der Waals surface area contributed by atoms with Gasteiger partial charge < -0.3 is 10.2 Å². The second kappa shape index (κ2) is 6.59. The molecule has 0 radical (unpaired) electrons. The molecule has 0 bridgehead atoms. The van der Waals surface area contributed by atoms with Crippen molar-refractivity contribution in [1.29, 1.82) is 0 Å². The molecule has 0 aromatic heterocycles. The van der Waals surface area contributed by atoms with Gasteiger partial charge in [-0.1, -0.05) is 27.2 Å². The molecule has 0 aromatic rings. The van der Waals surface area contributed by atoms with E-state index in [0.29, 0.717) is 19.0 Å². The van der Waals surface area contributed by atoms with Crippen molar-refractivity contribution in [3.05, 3.63) is 0 Å². The number of nitrogens with zero attached hydrogens (tertiary/aromatic N) is 1. The van der Waals surface area contributed by atoms with Crippen LogP contribution in [0.5, 0.6) is 0 Å². The van der Waals surface area contributed by atoms with E-state index in [1.165, 1.54) is 19.3 Å². The minimum atomic E-state index is -0.339. The monoisotopic (exact) mass is 280 g/mol. The number of hydrogen-bond acceptors (Lipinski definition) is 2. The molecule has 1 saturated heterocycles. The van der Waals surface area contributed by atoms with Gasteiger partial charge in [0.15, 0.2) is 0 Å². The summed E-state index contributed by atoms with van der Waals surface area (Å²) < 4.78 is 0. The van der Waals surface area contributed by atoms with E-state index >= 15 is 0 Å². The molecule has 114 valence electrons. The van der Waals surface area contributed by atoms with Gasteiger partial charge in [0.2, 0.25) is 11.8 Å². The van der Waals surface area contributed by atoms with E-state index in [0.717, 1.165) is 18.8 Å². The maximum atomic E-state index is 12.7. The van der Waals surface area contributed by atoms with Crippen molar-refractivity contribution in [2.45, 2.75) is 71.4 Å². The number of nitrogens with one attached hydrogen (secondary N) is 1. The summed E-state index contributed by atoms with van der Waals surface area (Å²) in [7, 11) is 0. The summed E-state index contributed by atoms with van der Waals surface area (Å²) in [6.07, 6.45) is 6.34.